The molecule has 3 fully saturated rings. The standard InChI is InChI=1S/C54H52N4O11/c59-30-13-10-15-36-24-27-44-43(33-36)54(52(63)56(44)53(64)68-35-37-22-25-41(26-23-37)58(65)66)45(50(61)55-28-11-2-1-3-12-29-55)47-51(62)69-48(39-18-8-5-9-19-39)46(38-16-6-4-7-17-38)57(47)49(54)40-20-14-21-42(34-40)67-32-31-60/h4-9,14,16-27,33-34,45-49,59-60H,1-3,11-13,28-32,35H2/t45-,46-,47-,48+,49+,54-/m0/s1. The van der Waals surface area contributed by atoms with Gasteiger partial charge in [-0.2, -0.15) is 0 Å². The van der Waals surface area contributed by atoms with Crippen molar-refractivity contribution in [3.8, 4) is 17.6 Å². The van der Waals surface area contributed by atoms with Gasteiger partial charge in [0, 0.05) is 37.2 Å². The number of amides is 3. The number of carbonyl (C=O) groups is 4. The third-order valence-electron chi connectivity index (χ3n) is 13.6. The van der Waals surface area contributed by atoms with Crippen molar-refractivity contribution in [3.05, 3.63) is 171 Å². The van der Waals surface area contributed by atoms with Crippen molar-refractivity contribution >= 4 is 35.3 Å². The highest BCUT2D eigenvalue weighted by atomic mass is 16.6. The zero-order valence-electron chi connectivity index (χ0n) is 37.9. The zero-order valence-corrected chi connectivity index (χ0v) is 37.9. The lowest BCUT2D eigenvalue weighted by Gasteiger charge is -2.46. The Kier molecular flexibility index (Phi) is 13.9. The number of likely N-dealkylation sites (tertiary alicyclic amines) is 1. The van der Waals surface area contributed by atoms with Gasteiger partial charge in [0.25, 0.3) is 5.69 Å². The number of anilines is 1. The maximum absolute atomic E-state index is 16.6. The molecule has 15 heteroatoms. The van der Waals surface area contributed by atoms with E-state index in [9.17, 15) is 25.1 Å². The van der Waals surface area contributed by atoms with Gasteiger partial charge < -0.3 is 29.3 Å². The van der Waals surface area contributed by atoms with Gasteiger partial charge in [0.2, 0.25) is 11.8 Å². The van der Waals surface area contributed by atoms with Crippen LogP contribution in [-0.4, -0.2) is 87.8 Å². The average Bonchev–Trinajstić information content (AvgIpc) is 3.82. The number of hydrogen-bond donors (Lipinski definition) is 2. The summed E-state index contributed by atoms with van der Waals surface area (Å²) in [6, 6.07) is 32.9. The normalized spacial score (nSPS) is 23.2. The molecule has 0 radical (unpaired) electrons. The second-order valence-corrected chi connectivity index (χ2v) is 17.6. The van der Waals surface area contributed by atoms with Crippen LogP contribution in [0.4, 0.5) is 16.2 Å². The molecule has 2 N–H and O–H groups in total. The lowest BCUT2D eigenvalue weighted by Crippen LogP contribution is -2.56. The Morgan fingerprint density at radius 2 is 1.46 bits per heavy atom. The number of rotatable bonds is 11. The molecule has 4 aliphatic heterocycles. The van der Waals surface area contributed by atoms with Crippen molar-refractivity contribution in [2.45, 2.75) is 74.8 Å². The number of non-ortho nitro benzene ring substituents is 1. The summed E-state index contributed by atoms with van der Waals surface area (Å²) >= 11 is 0. The molecule has 9 rings (SSSR count). The first-order valence-corrected chi connectivity index (χ1v) is 23.4. The van der Waals surface area contributed by atoms with Crippen LogP contribution in [0.3, 0.4) is 0 Å². The molecule has 0 aromatic heterocycles. The van der Waals surface area contributed by atoms with Crippen molar-refractivity contribution in [1.82, 2.24) is 9.80 Å². The Hall–Kier alpha value is -7.38. The number of morpholine rings is 1. The molecule has 4 aliphatic rings. The van der Waals surface area contributed by atoms with E-state index in [-0.39, 0.29) is 49.8 Å². The van der Waals surface area contributed by atoms with Gasteiger partial charge in [0.05, 0.1) is 41.8 Å². The minimum Gasteiger partial charge on any atom is -0.491 e. The minimum atomic E-state index is -2.06. The van der Waals surface area contributed by atoms with E-state index >= 15 is 14.4 Å². The summed E-state index contributed by atoms with van der Waals surface area (Å²) in [5.41, 5.74) is 0.927. The van der Waals surface area contributed by atoms with Crippen molar-refractivity contribution < 1.29 is 48.5 Å². The predicted molar refractivity (Wildman–Crippen MR) is 252 cm³/mol. The topological polar surface area (TPSA) is 189 Å². The van der Waals surface area contributed by atoms with Crippen LogP contribution in [0.5, 0.6) is 5.75 Å². The second kappa shape index (κ2) is 20.5. The fourth-order valence-corrected chi connectivity index (χ4v) is 10.7. The number of aliphatic hydroxyl groups excluding tert-OH is 2. The van der Waals surface area contributed by atoms with Gasteiger partial charge in [0.15, 0.2) is 0 Å². The van der Waals surface area contributed by atoms with Crippen molar-refractivity contribution in [1.29, 1.82) is 0 Å². The molecule has 69 heavy (non-hydrogen) atoms. The number of carbonyl (C=O) groups excluding carboxylic acids is 4. The van der Waals surface area contributed by atoms with Crippen LogP contribution in [0.1, 0.15) is 90.1 Å². The maximum atomic E-state index is 16.6. The smallest absolute Gasteiger partial charge is 0.421 e. The predicted octanol–water partition coefficient (Wildman–Crippen LogP) is 7.49. The summed E-state index contributed by atoms with van der Waals surface area (Å²) in [5, 5.41) is 30.9. The van der Waals surface area contributed by atoms with E-state index in [2.05, 4.69) is 11.8 Å². The molecule has 0 bridgehead atoms. The van der Waals surface area contributed by atoms with E-state index < -0.39 is 64.4 Å². The largest absolute Gasteiger partial charge is 0.491 e. The number of cyclic esters (lactones) is 1. The summed E-state index contributed by atoms with van der Waals surface area (Å²) in [5.74, 6) is 2.96. The van der Waals surface area contributed by atoms with Crippen LogP contribution >= 0.6 is 0 Å². The van der Waals surface area contributed by atoms with Gasteiger partial charge >= 0.3 is 12.1 Å². The fraction of sp³-hybridized carbons (Fsp3) is 0.333. The van der Waals surface area contributed by atoms with E-state index in [1.54, 1.807) is 41.3 Å². The number of nitrogens with zero attached hydrogens (tertiary/aromatic N) is 4. The summed E-state index contributed by atoms with van der Waals surface area (Å²) in [6.45, 7) is -0.102. The van der Waals surface area contributed by atoms with Gasteiger partial charge in [-0.1, -0.05) is 104 Å². The molecule has 3 amide bonds. The highest BCUT2D eigenvalue weighted by Crippen LogP contribution is 2.66. The highest BCUT2D eigenvalue weighted by Gasteiger charge is 2.76. The number of nitro groups is 1. The average molecular weight is 933 g/mol. The first-order chi connectivity index (χ1) is 33.7. The molecule has 5 aromatic rings. The minimum absolute atomic E-state index is 0.0390. The Labute approximate surface area is 399 Å². The molecule has 5 aromatic carbocycles. The van der Waals surface area contributed by atoms with Crippen LogP contribution in [0, 0.1) is 27.9 Å². The first-order valence-electron chi connectivity index (χ1n) is 23.4. The molecule has 3 saturated heterocycles. The number of esters is 1. The van der Waals surface area contributed by atoms with Gasteiger partial charge in [-0.25, -0.2) is 9.69 Å². The molecule has 4 heterocycles. The van der Waals surface area contributed by atoms with E-state index in [0.29, 0.717) is 53.9 Å². The van der Waals surface area contributed by atoms with Crippen LogP contribution < -0.4 is 9.64 Å². The number of imide groups is 1. The number of fused-ring (bicyclic) bond motifs is 3. The Morgan fingerprint density at radius 3 is 2.14 bits per heavy atom. The molecule has 1 spiro atoms. The number of benzene rings is 5. The lowest BCUT2D eigenvalue weighted by molar-refractivity contribution is -0.384. The highest BCUT2D eigenvalue weighted by molar-refractivity contribution is 6.23. The number of aliphatic hydroxyl groups is 2. The first kappa shape index (κ1) is 46.7. The Morgan fingerprint density at radius 1 is 0.783 bits per heavy atom. The molecule has 0 aliphatic carbocycles. The Balaban J connectivity index is 1.32. The molecule has 0 unspecified atom stereocenters. The van der Waals surface area contributed by atoms with Crippen molar-refractivity contribution in [2.24, 2.45) is 5.92 Å². The summed E-state index contributed by atoms with van der Waals surface area (Å²) in [4.78, 5) is 78.6. The van der Waals surface area contributed by atoms with E-state index in [4.69, 9.17) is 14.2 Å². The molecule has 354 valence electrons. The van der Waals surface area contributed by atoms with Crippen LogP contribution in [0.2, 0.25) is 0 Å². The zero-order chi connectivity index (χ0) is 48.1. The van der Waals surface area contributed by atoms with Crippen LogP contribution in [-0.2, 0) is 35.9 Å². The fourth-order valence-electron chi connectivity index (χ4n) is 10.7. The SMILES string of the molecule is O=C1O[C@H](c2ccccc2)[C@H](c2ccccc2)N2[C@H]1[C@@H](C(=O)N1CCCCCCC1)[C@]1(C(=O)N(C(=O)OCc3ccc([N+](=O)[O-])cc3)c3ccc(C#CCCO)cc31)[C@H]2c1cccc(OCCO)c1. The molecular weight excluding hydrogens is 881 g/mol. The third kappa shape index (κ3) is 8.83. The Bertz CT molecular complexity index is 2770. The van der Waals surface area contributed by atoms with Crippen LogP contribution in [0.15, 0.2) is 127 Å². The quantitative estimate of drug-likeness (QED) is 0.0576. The number of ether oxygens (including phenoxy) is 3. The van der Waals surface area contributed by atoms with Crippen molar-refractivity contribution in [3.63, 3.8) is 0 Å². The van der Waals surface area contributed by atoms with Gasteiger partial charge in [0.1, 0.15) is 36.5 Å². The summed E-state index contributed by atoms with van der Waals surface area (Å²) in [6.07, 6.45) is 2.35. The lowest BCUT2D eigenvalue weighted by atomic mass is 9.64. The molecule has 15 nitrogen and oxygen atoms in total. The van der Waals surface area contributed by atoms with Crippen molar-refractivity contribution in [2.75, 3.05) is 37.8 Å². The molecule has 6 atom stereocenters. The van der Waals surface area contributed by atoms with Gasteiger partial charge in [-0.05, 0) is 83.1 Å². The number of hydrogen-bond acceptors (Lipinski definition) is 12. The van der Waals surface area contributed by atoms with Crippen LogP contribution in [0.25, 0.3) is 0 Å². The van der Waals surface area contributed by atoms with E-state index in [0.717, 1.165) is 29.7 Å². The summed E-state index contributed by atoms with van der Waals surface area (Å²) < 4.78 is 18.5. The molecular formula is C54H52N4O11. The third-order valence-corrected chi connectivity index (χ3v) is 13.6. The van der Waals surface area contributed by atoms with E-state index in [1.165, 1.54) is 24.3 Å². The summed E-state index contributed by atoms with van der Waals surface area (Å²) in [7, 11) is 0. The monoisotopic (exact) mass is 932 g/mol. The molecule has 0 saturated carbocycles. The maximum Gasteiger partial charge on any atom is 0.421 e. The second-order valence-electron chi connectivity index (χ2n) is 17.6. The van der Waals surface area contributed by atoms with Gasteiger partial charge in [-0.15, -0.1) is 0 Å². The number of nitro benzene ring substituents is 1. The van der Waals surface area contributed by atoms with Gasteiger partial charge in [-0.3, -0.25) is 29.4 Å². The van der Waals surface area contributed by atoms with E-state index in [1.807, 2.05) is 71.6 Å².